The number of methoxy groups -OCH3 is 2. The minimum absolute atomic E-state index is 0.0253. The summed E-state index contributed by atoms with van der Waals surface area (Å²) < 4.78 is 15.7. The number of piperidine rings is 1. The third-order valence-corrected chi connectivity index (χ3v) is 4.85. The number of nitrogens with two attached hydrogens (primary N) is 1. The second-order valence-corrected chi connectivity index (χ2v) is 7.23. The average molecular weight is 381 g/mol. The molecule has 1 aromatic rings. The molecule has 1 aliphatic heterocycles. The summed E-state index contributed by atoms with van der Waals surface area (Å²) in [5.41, 5.74) is 5.51. The third-order valence-electron chi connectivity index (χ3n) is 4.85. The summed E-state index contributed by atoms with van der Waals surface area (Å²) in [6.45, 7) is 5.38. The molecule has 0 aliphatic carbocycles. The molecule has 1 fully saturated rings. The Labute approximate surface area is 158 Å². The molecule has 9 heteroatoms. The lowest BCUT2D eigenvalue weighted by molar-refractivity contribution is -0.385. The van der Waals surface area contributed by atoms with Gasteiger partial charge in [0.2, 0.25) is 0 Å². The van der Waals surface area contributed by atoms with Gasteiger partial charge in [-0.1, -0.05) is 13.8 Å². The average Bonchev–Trinajstić information content (AvgIpc) is 2.63. The van der Waals surface area contributed by atoms with E-state index in [2.05, 4.69) is 0 Å². The third kappa shape index (κ3) is 4.67. The van der Waals surface area contributed by atoms with Crippen LogP contribution in [0.15, 0.2) is 12.1 Å². The highest BCUT2D eigenvalue weighted by atomic mass is 16.6. The Morgan fingerprint density at radius 3 is 2.59 bits per heavy atom. The molecule has 2 N–H and O–H groups in total. The number of hydrogen-bond donors (Lipinski definition) is 1. The number of nitro groups is 1. The zero-order valence-corrected chi connectivity index (χ0v) is 16.2. The number of ether oxygens (including phenoxy) is 3. The van der Waals surface area contributed by atoms with E-state index in [4.69, 9.17) is 19.9 Å². The van der Waals surface area contributed by atoms with E-state index in [9.17, 15) is 14.9 Å². The Balaban J connectivity index is 2.37. The van der Waals surface area contributed by atoms with Crippen molar-refractivity contribution >= 4 is 11.6 Å². The van der Waals surface area contributed by atoms with Gasteiger partial charge in [0.05, 0.1) is 24.7 Å². The van der Waals surface area contributed by atoms with E-state index < -0.39 is 10.8 Å². The molecular formula is C18H27N3O6. The number of hydrogen-bond acceptors (Lipinski definition) is 7. The first-order valence-corrected chi connectivity index (χ1v) is 8.74. The summed E-state index contributed by atoms with van der Waals surface area (Å²) in [5.74, 6) is 0.0373. The second-order valence-electron chi connectivity index (χ2n) is 7.23. The van der Waals surface area contributed by atoms with Gasteiger partial charge in [0, 0.05) is 32.3 Å². The van der Waals surface area contributed by atoms with Crippen molar-refractivity contribution in [2.45, 2.75) is 26.3 Å². The first-order chi connectivity index (χ1) is 12.7. The Bertz CT molecular complexity index is 707. The van der Waals surface area contributed by atoms with Gasteiger partial charge in [0.1, 0.15) is 12.2 Å². The number of nitrogens with zero attached hydrogens (tertiary/aromatic N) is 2. The van der Waals surface area contributed by atoms with Crippen LogP contribution in [0, 0.1) is 15.5 Å². The molecule has 0 radical (unpaired) electrons. The normalized spacial score (nSPS) is 18.9. The molecular weight excluding hydrogens is 354 g/mol. The predicted octanol–water partition coefficient (Wildman–Crippen LogP) is 1.83. The lowest BCUT2D eigenvalue weighted by Gasteiger charge is -2.42. The monoisotopic (exact) mass is 381 g/mol. The predicted molar refractivity (Wildman–Crippen MR) is 99.3 cm³/mol. The van der Waals surface area contributed by atoms with Gasteiger partial charge in [0.25, 0.3) is 11.6 Å². The fraction of sp³-hybridized carbons (Fsp3) is 0.611. The van der Waals surface area contributed by atoms with Crippen molar-refractivity contribution in [2.24, 2.45) is 11.1 Å². The summed E-state index contributed by atoms with van der Waals surface area (Å²) in [7, 11) is 2.94. The highest BCUT2D eigenvalue weighted by molar-refractivity contribution is 5.99. The van der Waals surface area contributed by atoms with Gasteiger partial charge in [-0.25, -0.2) is 0 Å². The second kappa shape index (κ2) is 8.53. The molecule has 0 spiro atoms. The van der Waals surface area contributed by atoms with Gasteiger partial charge in [-0.15, -0.1) is 0 Å². The Kier molecular flexibility index (Phi) is 6.61. The molecule has 1 atom stereocenters. The van der Waals surface area contributed by atoms with Gasteiger partial charge < -0.3 is 24.8 Å². The molecule has 2 rings (SSSR count). The largest absolute Gasteiger partial charge is 0.493 e. The fourth-order valence-electron chi connectivity index (χ4n) is 3.10. The van der Waals surface area contributed by atoms with E-state index in [0.29, 0.717) is 26.1 Å². The lowest BCUT2D eigenvalue weighted by atomic mass is 9.79. The summed E-state index contributed by atoms with van der Waals surface area (Å²) in [5, 5.41) is 11.6. The standard InChI is InChI=1S/C18H27N3O6/c1-18(2)11-20(6-5-16(18)19)17(22)12-9-14(26-4)15(27-8-7-25-3)10-13(12)21(23)24/h9-10,16H,5-8,11,19H2,1-4H3. The van der Waals surface area contributed by atoms with Crippen LogP contribution >= 0.6 is 0 Å². The van der Waals surface area contributed by atoms with E-state index in [-0.39, 0.29) is 40.8 Å². The van der Waals surface area contributed by atoms with Crippen molar-refractivity contribution < 1.29 is 23.9 Å². The maximum Gasteiger partial charge on any atom is 0.286 e. The van der Waals surface area contributed by atoms with Gasteiger partial charge in [-0.05, 0) is 11.8 Å². The number of rotatable bonds is 7. The van der Waals surface area contributed by atoms with Crippen LogP contribution in [0.3, 0.4) is 0 Å². The number of likely N-dealkylation sites (tertiary alicyclic amines) is 1. The Morgan fingerprint density at radius 1 is 1.33 bits per heavy atom. The van der Waals surface area contributed by atoms with Crippen LogP contribution in [0.2, 0.25) is 0 Å². The molecule has 0 aromatic heterocycles. The lowest BCUT2D eigenvalue weighted by Crippen LogP contribution is -2.54. The van der Waals surface area contributed by atoms with Crippen LogP contribution in [0.25, 0.3) is 0 Å². The molecule has 27 heavy (non-hydrogen) atoms. The molecule has 1 unspecified atom stereocenters. The van der Waals surface area contributed by atoms with E-state index in [1.807, 2.05) is 13.8 Å². The fourth-order valence-corrected chi connectivity index (χ4v) is 3.10. The first kappa shape index (κ1) is 20.9. The van der Waals surface area contributed by atoms with Gasteiger partial charge in [0.15, 0.2) is 11.5 Å². The smallest absolute Gasteiger partial charge is 0.286 e. The van der Waals surface area contributed by atoms with Crippen LogP contribution in [0.1, 0.15) is 30.6 Å². The van der Waals surface area contributed by atoms with Crippen molar-refractivity contribution in [2.75, 3.05) is 40.5 Å². The van der Waals surface area contributed by atoms with Crippen LogP contribution < -0.4 is 15.2 Å². The summed E-state index contributed by atoms with van der Waals surface area (Å²) >= 11 is 0. The topological polar surface area (TPSA) is 117 Å². The molecule has 0 saturated carbocycles. The summed E-state index contributed by atoms with van der Waals surface area (Å²) in [6.07, 6.45) is 0.641. The molecule has 9 nitrogen and oxygen atoms in total. The number of nitro benzene ring substituents is 1. The van der Waals surface area contributed by atoms with E-state index in [0.717, 1.165) is 0 Å². The van der Waals surface area contributed by atoms with Crippen LogP contribution in [-0.2, 0) is 4.74 Å². The number of benzene rings is 1. The molecule has 1 amide bonds. The number of carbonyl (C=O) groups excluding carboxylic acids is 1. The minimum atomic E-state index is -0.587. The highest BCUT2D eigenvalue weighted by Gasteiger charge is 2.37. The minimum Gasteiger partial charge on any atom is -0.493 e. The van der Waals surface area contributed by atoms with Crippen LogP contribution in [0.4, 0.5) is 5.69 Å². The van der Waals surface area contributed by atoms with Gasteiger partial charge >= 0.3 is 0 Å². The zero-order valence-electron chi connectivity index (χ0n) is 16.2. The first-order valence-electron chi connectivity index (χ1n) is 8.74. The van der Waals surface area contributed by atoms with Gasteiger partial charge in [-0.2, -0.15) is 0 Å². The molecule has 150 valence electrons. The number of amides is 1. The van der Waals surface area contributed by atoms with Crippen molar-refractivity contribution in [1.82, 2.24) is 4.90 Å². The molecule has 1 aliphatic rings. The maximum absolute atomic E-state index is 13.0. The van der Waals surface area contributed by atoms with E-state index >= 15 is 0 Å². The quantitative estimate of drug-likeness (QED) is 0.435. The SMILES string of the molecule is COCCOc1cc([N+](=O)[O-])c(C(=O)N2CCC(N)C(C)(C)C2)cc1OC. The molecule has 1 heterocycles. The van der Waals surface area contributed by atoms with Crippen molar-refractivity contribution in [3.8, 4) is 11.5 Å². The molecule has 1 saturated heterocycles. The molecule has 0 bridgehead atoms. The highest BCUT2D eigenvalue weighted by Crippen LogP contribution is 2.36. The Hall–Kier alpha value is -2.39. The van der Waals surface area contributed by atoms with Crippen molar-refractivity contribution in [3.05, 3.63) is 27.8 Å². The summed E-state index contributed by atoms with van der Waals surface area (Å²) in [6, 6.07) is 2.56. The maximum atomic E-state index is 13.0. The van der Waals surface area contributed by atoms with Crippen molar-refractivity contribution in [3.63, 3.8) is 0 Å². The van der Waals surface area contributed by atoms with Crippen molar-refractivity contribution in [1.29, 1.82) is 0 Å². The zero-order chi connectivity index (χ0) is 20.2. The molecule has 1 aromatic carbocycles. The van der Waals surface area contributed by atoms with Crippen LogP contribution in [0.5, 0.6) is 11.5 Å². The van der Waals surface area contributed by atoms with E-state index in [1.165, 1.54) is 26.4 Å². The van der Waals surface area contributed by atoms with E-state index in [1.54, 1.807) is 4.90 Å². The summed E-state index contributed by atoms with van der Waals surface area (Å²) in [4.78, 5) is 25.6. The number of carbonyl (C=O) groups is 1. The Morgan fingerprint density at radius 2 is 2.04 bits per heavy atom. The van der Waals surface area contributed by atoms with Crippen LogP contribution in [-0.4, -0.2) is 62.3 Å². The van der Waals surface area contributed by atoms with Gasteiger partial charge in [-0.3, -0.25) is 14.9 Å².